The summed E-state index contributed by atoms with van der Waals surface area (Å²) < 4.78 is 26.0. The summed E-state index contributed by atoms with van der Waals surface area (Å²) in [7, 11) is -3.66. The molecule has 202 valence electrons. The zero-order chi connectivity index (χ0) is 27.7. The fourth-order valence-electron chi connectivity index (χ4n) is 4.82. The smallest absolute Gasteiger partial charge is 0.341 e. The molecule has 4 N–H and O–H groups in total. The zero-order valence-electron chi connectivity index (χ0n) is 21.2. The van der Waals surface area contributed by atoms with Crippen LogP contribution in [0.1, 0.15) is 47.2 Å². The number of aromatic nitrogens is 3. The van der Waals surface area contributed by atoms with E-state index in [0.717, 1.165) is 23.2 Å². The number of nitrogens with two attached hydrogens (primary N) is 1. The Bertz CT molecular complexity index is 1690. The first-order chi connectivity index (χ1) is 18.6. The molecule has 11 nitrogen and oxygen atoms in total. The van der Waals surface area contributed by atoms with Crippen LogP contribution in [0.2, 0.25) is 0 Å². The molecular weight excluding hydrogens is 520 g/mol. The molecule has 2 aromatic heterocycles. The Morgan fingerprint density at radius 1 is 1.10 bits per heavy atom. The van der Waals surface area contributed by atoms with Crippen LogP contribution < -0.4 is 15.9 Å². The highest BCUT2D eigenvalue weighted by Gasteiger charge is 2.26. The van der Waals surface area contributed by atoms with Crippen molar-refractivity contribution in [1.29, 1.82) is 0 Å². The van der Waals surface area contributed by atoms with E-state index in [1.807, 2.05) is 55.5 Å². The molecule has 1 aliphatic rings. The van der Waals surface area contributed by atoms with Crippen molar-refractivity contribution in [1.82, 2.24) is 18.8 Å². The predicted octanol–water partition coefficient (Wildman–Crippen LogP) is 3.17. The fourth-order valence-corrected chi connectivity index (χ4v) is 5.54. The molecule has 0 unspecified atom stereocenters. The van der Waals surface area contributed by atoms with Gasteiger partial charge < -0.3 is 15.0 Å². The first-order valence-electron chi connectivity index (χ1n) is 12.5. The lowest BCUT2D eigenvalue weighted by molar-refractivity contribution is 0.0695. The average molecular weight is 549 g/mol. The van der Waals surface area contributed by atoms with Crippen LogP contribution in [-0.2, 0) is 16.6 Å². The van der Waals surface area contributed by atoms with Gasteiger partial charge in [0.2, 0.25) is 11.4 Å². The molecule has 1 fully saturated rings. The maximum atomic E-state index is 12.8. The lowest BCUT2D eigenvalue weighted by Crippen LogP contribution is -2.41. The minimum Gasteiger partial charge on any atom is -0.477 e. The van der Waals surface area contributed by atoms with E-state index in [1.165, 1.54) is 16.7 Å². The van der Waals surface area contributed by atoms with E-state index in [9.17, 15) is 23.1 Å². The number of anilines is 2. The van der Waals surface area contributed by atoms with Gasteiger partial charge in [0.05, 0.1) is 5.39 Å². The van der Waals surface area contributed by atoms with E-state index in [2.05, 4.69) is 15.3 Å². The molecule has 0 saturated carbocycles. The topological polar surface area (TPSA) is 161 Å². The van der Waals surface area contributed by atoms with E-state index < -0.39 is 21.6 Å². The molecule has 0 aliphatic carbocycles. The number of fused-ring (bicyclic) bond motifs is 1. The second-order valence-electron chi connectivity index (χ2n) is 9.46. The van der Waals surface area contributed by atoms with Crippen LogP contribution in [0.4, 0.5) is 11.6 Å². The van der Waals surface area contributed by atoms with Gasteiger partial charge in [-0.3, -0.25) is 4.79 Å². The molecule has 12 heteroatoms. The maximum absolute atomic E-state index is 12.8. The molecule has 4 aromatic rings. The van der Waals surface area contributed by atoms with Crippen molar-refractivity contribution in [2.75, 3.05) is 18.4 Å². The van der Waals surface area contributed by atoms with Gasteiger partial charge in [0, 0.05) is 36.9 Å². The minimum absolute atomic E-state index is 0.0983. The summed E-state index contributed by atoms with van der Waals surface area (Å²) in [4.78, 5) is 33.4. The Hall–Kier alpha value is -4.13. The van der Waals surface area contributed by atoms with Crippen LogP contribution in [0, 0.1) is 0 Å². The Balaban J connectivity index is 1.43. The van der Waals surface area contributed by atoms with E-state index >= 15 is 0 Å². The highest BCUT2D eigenvalue weighted by Crippen LogP contribution is 2.30. The Morgan fingerprint density at radius 3 is 2.36 bits per heavy atom. The van der Waals surface area contributed by atoms with Crippen molar-refractivity contribution < 1.29 is 18.3 Å². The first-order valence-corrected chi connectivity index (χ1v) is 14.0. The Labute approximate surface area is 225 Å². The van der Waals surface area contributed by atoms with Gasteiger partial charge in [-0.2, -0.15) is 17.7 Å². The Kier molecular flexibility index (Phi) is 7.17. The summed E-state index contributed by atoms with van der Waals surface area (Å²) in [6, 6.07) is 15.3. The van der Waals surface area contributed by atoms with E-state index in [-0.39, 0.29) is 28.5 Å². The standard InChI is InChI=1S/C27H28N6O5S/c1-2-17-3-9-21(10-4-17)33-16-23(26(35)36)24(34)22-15-29-27(31-25(22)33)30-20-7-5-18(6-8-20)19-11-13-32(14-12-19)39(28,37)38/h3-10,15-16,19H,2,11-14H2,1H3,(H,35,36)(H2,28,37,38)(H,29,30,31). The largest absolute Gasteiger partial charge is 0.477 e. The summed E-state index contributed by atoms with van der Waals surface area (Å²) in [5.74, 6) is -0.845. The van der Waals surface area contributed by atoms with Crippen LogP contribution in [-0.4, -0.2) is 51.4 Å². The van der Waals surface area contributed by atoms with Gasteiger partial charge in [-0.05, 0) is 60.6 Å². The molecule has 0 amide bonds. The van der Waals surface area contributed by atoms with Crippen molar-refractivity contribution in [2.24, 2.45) is 5.14 Å². The number of carboxylic acids is 1. The van der Waals surface area contributed by atoms with Gasteiger partial charge in [-0.15, -0.1) is 0 Å². The molecule has 0 radical (unpaired) electrons. The van der Waals surface area contributed by atoms with Gasteiger partial charge in [-0.25, -0.2) is 14.9 Å². The highest BCUT2D eigenvalue weighted by molar-refractivity contribution is 7.86. The van der Waals surface area contributed by atoms with Crippen molar-refractivity contribution in [3.8, 4) is 5.69 Å². The molecule has 0 atom stereocenters. The predicted molar refractivity (Wildman–Crippen MR) is 148 cm³/mol. The molecule has 2 aromatic carbocycles. The zero-order valence-corrected chi connectivity index (χ0v) is 22.1. The third-order valence-corrected chi connectivity index (χ3v) is 8.13. The van der Waals surface area contributed by atoms with Crippen molar-refractivity contribution in [3.05, 3.63) is 87.8 Å². The number of hydrogen-bond acceptors (Lipinski definition) is 7. The number of rotatable bonds is 7. The molecule has 3 heterocycles. The number of nitrogens with one attached hydrogen (secondary N) is 1. The minimum atomic E-state index is -3.66. The molecule has 0 spiro atoms. The molecule has 39 heavy (non-hydrogen) atoms. The first kappa shape index (κ1) is 26.5. The number of pyridine rings is 1. The number of nitrogens with zero attached hydrogens (tertiary/aromatic N) is 4. The molecular formula is C27H28N6O5S. The SMILES string of the molecule is CCc1ccc(-n2cc(C(=O)O)c(=O)c3cnc(Nc4ccc(C5CCN(S(N)(=O)=O)CC5)cc4)nc32)cc1. The molecule has 1 saturated heterocycles. The van der Waals surface area contributed by atoms with Crippen molar-refractivity contribution in [3.63, 3.8) is 0 Å². The van der Waals surface area contributed by atoms with E-state index in [0.29, 0.717) is 31.6 Å². The van der Waals surface area contributed by atoms with Crippen molar-refractivity contribution >= 4 is 38.8 Å². The van der Waals surface area contributed by atoms with E-state index in [4.69, 9.17) is 5.14 Å². The highest BCUT2D eigenvalue weighted by atomic mass is 32.2. The second-order valence-corrected chi connectivity index (χ2v) is 11.0. The molecule has 1 aliphatic heterocycles. The second kappa shape index (κ2) is 10.6. The summed E-state index contributed by atoms with van der Waals surface area (Å²) in [6.45, 7) is 2.82. The average Bonchev–Trinajstić information content (AvgIpc) is 2.93. The fraction of sp³-hybridized carbons (Fsp3) is 0.259. The van der Waals surface area contributed by atoms with Crippen LogP contribution in [0.25, 0.3) is 16.7 Å². The number of carboxylic acid groups (broad SMARTS) is 1. The van der Waals surface area contributed by atoms with Gasteiger partial charge in [0.25, 0.3) is 10.2 Å². The van der Waals surface area contributed by atoms with E-state index in [1.54, 1.807) is 4.57 Å². The summed E-state index contributed by atoms with van der Waals surface area (Å²) in [6.07, 6.45) is 4.86. The monoisotopic (exact) mass is 548 g/mol. The summed E-state index contributed by atoms with van der Waals surface area (Å²) in [5.41, 5.74) is 2.88. The van der Waals surface area contributed by atoms with Crippen LogP contribution >= 0.6 is 0 Å². The third-order valence-electron chi connectivity index (χ3n) is 7.05. The normalized spacial score (nSPS) is 14.9. The number of carbonyl (C=O) groups is 1. The van der Waals surface area contributed by atoms with Gasteiger partial charge in [-0.1, -0.05) is 31.2 Å². The van der Waals surface area contributed by atoms with Crippen LogP contribution in [0.15, 0.2) is 65.7 Å². The quantitative estimate of drug-likeness (QED) is 0.317. The number of aryl methyl sites for hydroxylation is 1. The number of hydrogen-bond donors (Lipinski definition) is 3. The number of aromatic carboxylic acids is 1. The number of piperidine rings is 1. The number of benzene rings is 2. The van der Waals surface area contributed by atoms with Gasteiger partial charge >= 0.3 is 5.97 Å². The third kappa shape index (κ3) is 5.53. The lowest BCUT2D eigenvalue weighted by atomic mass is 9.90. The Morgan fingerprint density at radius 2 is 1.77 bits per heavy atom. The van der Waals surface area contributed by atoms with Gasteiger partial charge in [0.1, 0.15) is 5.56 Å². The lowest BCUT2D eigenvalue weighted by Gasteiger charge is -2.30. The maximum Gasteiger partial charge on any atom is 0.341 e. The molecule has 5 rings (SSSR count). The van der Waals surface area contributed by atoms with Gasteiger partial charge in [0.15, 0.2) is 5.65 Å². The van der Waals surface area contributed by atoms with Crippen molar-refractivity contribution in [2.45, 2.75) is 32.1 Å². The van der Waals surface area contributed by atoms with Crippen LogP contribution in [0.3, 0.4) is 0 Å². The van der Waals surface area contributed by atoms with Crippen LogP contribution in [0.5, 0.6) is 0 Å². The molecule has 0 bridgehead atoms. The summed E-state index contributed by atoms with van der Waals surface area (Å²) in [5, 5.41) is 18.1. The summed E-state index contributed by atoms with van der Waals surface area (Å²) >= 11 is 0.